The normalized spacial score (nSPS) is 14.4. The Morgan fingerprint density at radius 1 is 1.21 bits per heavy atom. The third-order valence-corrected chi connectivity index (χ3v) is 3.65. The van der Waals surface area contributed by atoms with E-state index in [1.165, 1.54) is 5.57 Å². The molecule has 0 saturated carbocycles. The van der Waals surface area contributed by atoms with Gasteiger partial charge < -0.3 is 20.1 Å². The van der Waals surface area contributed by atoms with Crippen molar-refractivity contribution in [2.24, 2.45) is 4.99 Å². The number of hydrogen-bond acceptors (Lipinski definition) is 3. The summed E-state index contributed by atoms with van der Waals surface area (Å²) in [6.07, 6.45) is 5.20. The van der Waals surface area contributed by atoms with Crippen LogP contribution in [-0.2, 0) is 4.74 Å². The van der Waals surface area contributed by atoms with Gasteiger partial charge in [-0.05, 0) is 31.4 Å². The average molecular weight is 445 g/mol. The molecule has 0 bridgehead atoms. The lowest BCUT2D eigenvalue weighted by Crippen LogP contribution is -2.38. The predicted molar refractivity (Wildman–Crippen MR) is 109 cm³/mol. The SMILES string of the molecule is CN=C(NCCCOc1ccccc1)NCCC1=CCOCC1.I. The summed E-state index contributed by atoms with van der Waals surface area (Å²) in [6.45, 7) is 4.03. The highest BCUT2D eigenvalue weighted by Gasteiger charge is 2.04. The van der Waals surface area contributed by atoms with Crippen molar-refractivity contribution in [3.63, 3.8) is 0 Å². The van der Waals surface area contributed by atoms with Crippen LogP contribution in [0.2, 0.25) is 0 Å². The minimum absolute atomic E-state index is 0. The minimum atomic E-state index is 0. The van der Waals surface area contributed by atoms with Crippen LogP contribution in [0.15, 0.2) is 47.0 Å². The molecule has 0 spiro atoms. The quantitative estimate of drug-likeness (QED) is 0.213. The molecule has 1 aliphatic rings. The topological polar surface area (TPSA) is 54.9 Å². The molecule has 5 nitrogen and oxygen atoms in total. The lowest BCUT2D eigenvalue weighted by atomic mass is 10.1. The molecule has 1 aliphatic heterocycles. The maximum Gasteiger partial charge on any atom is 0.190 e. The average Bonchev–Trinajstić information content (AvgIpc) is 2.61. The summed E-state index contributed by atoms with van der Waals surface area (Å²) in [6, 6.07) is 9.89. The summed E-state index contributed by atoms with van der Waals surface area (Å²) in [7, 11) is 1.80. The van der Waals surface area contributed by atoms with Crippen molar-refractivity contribution >= 4 is 29.9 Å². The van der Waals surface area contributed by atoms with Crippen LogP contribution in [0.3, 0.4) is 0 Å². The number of para-hydroxylation sites is 1. The maximum atomic E-state index is 5.66. The number of benzene rings is 1. The van der Waals surface area contributed by atoms with Crippen molar-refractivity contribution in [3.8, 4) is 5.75 Å². The summed E-state index contributed by atoms with van der Waals surface area (Å²) in [5, 5.41) is 6.65. The van der Waals surface area contributed by atoms with Crippen LogP contribution in [0.5, 0.6) is 5.75 Å². The lowest BCUT2D eigenvalue weighted by molar-refractivity contribution is 0.153. The van der Waals surface area contributed by atoms with E-state index in [4.69, 9.17) is 9.47 Å². The third-order valence-electron chi connectivity index (χ3n) is 3.65. The zero-order valence-electron chi connectivity index (χ0n) is 14.3. The first-order chi connectivity index (χ1) is 11.4. The Balaban J connectivity index is 0.00000288. The van der Waals surface area contributed by atoms with Gasteiger partial charge in [-0.3, -0.25) is 4.99 Å². The van der Waals surface area contributed by atoms with Gasteiger partial charge in [0.2, 0.25) is 0 Å². The molecule has 0 aliphatic carbocycles. The second kappa shape index (κ2) is 13.1. The van der Waals surface area contributed by atoms with Crippen molar-refractivity contribution in [1.29, 1.82) is 0 Å². The number of ether oxygens (including phenoxy) is 2. The number of rotatable bonds is 8. The molecule has 1 aromatic rings. The second-order valence-corrected chi connectivity index (χ2v) is 5.38. The Hall–Kier alpha value is -1.28. The van der Waals surface area contributed by atoms with Gasteiger partial charge in [-0.15, -0.1) is 24.0 Å². The predicted octanol–water partition coefficient (Wildman–Crippen LogP) is 2.98. The molecule has 0 unspecified atom stereocenters. The molecular weight excluding hydrogens is 417 g/mol. The Morgan fingerprint density at radius 3 is 2.71 bits per heavy atom. The van der Waals surface area contributed by atoms with E-state index >= 15 is 0 Å². The molecule has 1 aromatic carbocycles. The van der Waals surface area contributed by atoms with Gasteiger partial charge in [0.1, 0.15) is 5.75 Å². The van der Waals surface area contributed by atoms with E-state index in [-0.39, 0.29) is 24.0 Å². The van der Waals surface area contributed by atoms with Crippen LogP contribution in [0.25, 0.3) is 0 Å². The Bertz CT molecular complexity index is 506. The number of nitrogens with zero attached hydrogens (tertiary/aromatic N) is 1. The fourth-order valence-electron chi connectivity index (χ4n) is 2.34. The van der Waals surface area contributed by atoms with Crippen LogP contribution in [0, 0.1) is 0 Å². The second-order valence-electron chi connectivity index (χ2n) is 5.38. The highest BCUT2D eigenvalue weighted by atomic mass is 127. The molecule has 134 valence electrons. The molecule has 0 fully saturated rings. The Morgan fingerprint density at radius 2 is 2.00 bits per heavy atom. The molecule has 0 amide bonds. The smallest absolute Gasteiger partial charge is 0.190 e. The monoisotopic (exact) mass is 445 g/mol. The van der Waals surface area contributed by atoms with Gasteiger partial charge in [-0.2, -0.15) is 0 Å². The van der Waals surface area contributed by atoms with Gasteiger partial charge in [0.25, 0.3) is 0 Å². The van der Waals surface area contributed by atoms with Crippen LogP contribution >= 0.6 is 24.0 Å². The van der Waals surface area contributed by atoms with E-state index in [1.54, 1.807) is 7.05 Å². The lowest BCUT2D eigenvalue weighted by Gasteiger charge is -2.15. The zero-order valence-corrected chi connectivity index (χ0v) is 16.6. The van der Waals surface area contributed by atoms with Gasteiger partial charge in [-0.1, -0.05) is 29.8 Å². The van der Waals surface area contributed by atoms with Crippen molar-refractivity contribution in [1.82, 2.24) is 10.6 Å². The third kappa shape index (κ3) is 8.54. The van der Waals surface area contributed by atoms with Gasteiger partial charge in [0, 0.05) is 20.1 Å². The Labute approximate surface area is 161 Å². The van der Waals surface area contributed by atoms with E-state index < -0.39 is 0 Å². The molecule has 0 aromatic heterocycles. The van der Waals surface area contributed by atoms with Crippen molar-refractivity contribution < 1.29 is 9.47 Å². The number of guanidine groups is 1. The van der Waals surface area contributed by atoms with Gasteiger partial charge in [0.15, 0.2) is 5.96 Å². The van der Waals surface area contributed by atoms with Crippen molar-refractivity contribution in [2.45, 2.75) is 19.3 Å². The number of nitrogens with one attached hydrogen (secondary N) is 2. The fourth-order valence-corrected chi connectivity index (χ4v) is 2.34. The van der Waals surface area contributed by atoms with E-state index in [9.17, 15) is 0 Å². The van der Waals surface area contributed by atoms with Crippen LogP contribution in [-0.4, -0.2) is 45.9 Å². The first kappa shape index (κ1) is 20.8. The zero-order chi connectivity index (χ0) is 16.2. The van der Waals surface area contributed by atoms with Crippen LogP contribution < -0.4 is 15.4 Å². The fraction of sp³-hybridized carbons (Fsp3) is 0.500. The Kier molecular flexibility index (Phi) is 11.3. The first-order valence-electron chi connectivity index (χ1n) is 8.26. The van der Waals surface area contributed by atoms with Gasteiger partial charge in [0.05, 0.1) is 19.8 Å². The van der Waals surface area contributed by atoms with Crippen molar-refractivity contribution in [3.05, 3.63) is 42.0 Å². The number of hydrogen-bond donors (Lipinski definition) is 2. The molecule has 0 saturated heterocycles. The van der Waals surface area contributed by atoms with E-state index in [0.717, 1.165) is 57.3 Å². The molecule has 0 atom stereocenters. The molecule has 0 radical (unpaired) electrons. The standard InChI is InChI=1S/C18H27N3O2.HI/c1-19-18(21-12-8-16-9-14-22-15-10-16)20-11-5-13-23-17-6-3-2-4-7-17;/h2-4,6-7,9H,5,8,10-15H2,1H3,(H2,19,20,21);1H. The summed E-state index contributed by atoms with van der Waals surface area (Å²) < 4.78 is 11.0. The van der Waals surface area contributed by atoms with E-state index in [2.05, 4.69) is 21.7 Å². The minimum Gasteiger partial charge on any atom is -0.494 e. The summed E-state index contributed by atoms with van der Waals surface area (Å²) in [4.78, 5) is 4.24. The summed E-state index contributed by atoms with van der Waals surface area (Å²) in [5.74, 6) is 1.76. The molecule has 2 N–H and O–H groups in total. The number of aliphatic imine (C=N–C) groups is 1. The molecule has 1 heterocycles. The van der Waals surface area contributed by atoms with Gasteiger partial charge >= 0.3 is 0 Å². The maximum absolute atomic E-state index is 5.66. The van der Waals surface area contributed by atoms with E-state index in [0.29, 0.717) is 6.61 Å². The highest BCUT2D eigenvalue weighted by Crippen LogP contribution is 2.10. The van der Waals surface area contributed by atoms with Crippen LogP contribution in [0.4, 0.5) is 0 Å². The molecule has 6 heteroatoms. The van der Waals surface area contributed by atoms with Crippen molar-refractivity contribution in [2.75, 3.05) is 40.0 Å². The highest BCUT2D eigenvalue weighted by molar-refractivity contribution is 14.0. The first-order valence-corrected chi connectivity index (χ1v) is 8.26. The van der Waals surface area contributed by atoms with E-state index in [1.807, 2.05) is 30.3 Å². The number of halogens is 1. The molecule has 24 heavy (non-hydrogen) atoms. The summed E-state index contributed by atoms with van der Waals surface area (Å²) in [5.41, 5.74) is 1.47. The molecule has 2 rings (SSSR count). The molecular formula is C18H28IN3O2. The summed E-state index contributed by atoms with van der Waals surface area (Å²) >= 11 is 0. The van der Waals surface area contributed by atoms with Gasteiger partial charge in [-0.25, -0.2) is 0 Å². The largest absolute Gasteiger partial charge is 0.494 e. The van der Waals surface area contributed by atoms with Crippen LogP contribution in [0.1, 0.15) is 19.3 Å².